The second kappa shape index (κ2) is 8.69. The molecule has 0 aliphatic carbocycles. The molecule has 0 radical (unpaired) electrons. The van der Waals surface area contributed by atoms with E-state index in [1.807, 2.05) is 19.0 Å². The summed E-state index contributed by atoms with van der Waals surface area (Å²) in [6.07, 6.45) is 0.749. The zero-order valence-electron chi connectivity index (χ0n) is 12.7. The van der Waals surface area contributed by atoms with Crippen molar-refractivity contribution >= 4 is 5.91 Å². The molecule has 1 aromatic carbocycles. The summed E-state index contributed by atoms with van der Waals surface area (Å²) in [5.41, 5.74) is -0.240. The summed E-state index contributed by atoms with van der Waals surface area (Å²) in [5, 5.41) is 0. The maximum Gasteiger partial charge on any atom is 0.257 e. The average Bonchev–Trinajstić information content (AvgIpc) is 2.44. The molecule has 0 aliphatic rings. The molecule has 1 rings (SSSR count). The summed E-state index contributed by atoms with van der Waals surface area (Å²) in [5.74, 6) is -2.62. The van der Waals surface area contributed by atoms with E-state index in [1.54, 1.807) is 0 Å². The fourth-order valence-electron chi connectivity index (χ4n) is 1.93. The Balaban J connectivity index is 2.80. The molecule has 0 bridgehead atoms. The number of amides is 1. The maximum absolute atomic E-state index is 13.7. The number of methoxy groups -OCH3 is 1. The molecule has 6 heteroatoms. The van der Waals surface area contributed by atoms with Crippen LogP contribution in [0.1, 0.15) is 16.8 Å². The molecule has 21 heavy (non-hydrogen) atoms. The van der Waals surface area contributed by atoms with Gasteiger partial charge in [-0.1, -0.05) is 6.07 Å². The van der Waals surface area contributed by atoms with Crippen LogP contribution in [-0.4, -0.2) is 63.2 Å². The largest absolute Gasteiger partial charge is 0.383 e. The smallest absolute Gasteiger partial charge is 0.257 e. The van der Waals surface area contributed by atoms with E-state index in [-0.39, 0.29) is 5.56 Å². The van der Waals surface area contributed by atoms with Gasteiger partial charge in [0.05, 0.1) is 12.2 Å². The van der Waals surface area contributed by atoms with Crippen molar-refractivity contribution < 1.29 is 18.3 Å². The number of halogens is 2. The number of carbonyl (C=O) groups is 1. The van der Waals surface area contributed by atoms with Crippen LogP contribution in [0.25, 0.3) is 0 Å². The van der Waals surface area contributed by atoms with E-state index in [4.69, 9.17) is 4.74 Å². The number of rotatable bonds is 8. The van der Waals surface area contributed by atoms with Crippen LogP contribution in [0.5, 0.6) is 0 Å². The first kappa shape index (κ1) is 17.5. The Morgan fingerprint density at radius 2 is 1.90 bits per heavy atom. The lowest BCUT2D eigenvalue weighted by Gasteiger charge is -2.23. The molecule has 4 nitrogen and oxygen atoms in total. The standard InChI is InChI=1S/C15H22F2N2O2/c1-18(2)8-5-9-19(10-11-21-3)15(20)12-6-4-7-13(16)14(12)17/h4,6-7H,5,8-11H2,1-3H3. The number of benzene rings is 1. The van der Waals surface area contributed by atoms with E-state index in [9.17, 15) is 13.6 Å². The van der Waals surface area contributed by atoms with E-state index in [2.05, 4.69) is 0 Å². The van der Waals surface area contributed by atoms with Crippen LogP contribution in [0.15, 0.2) is 18.2 Å². The fourth-order valence-corrected chi connectivity index (χ4v) is 1.93. The highest BCUT2D eigenvalue weighted by atomic mass is 19.2. The highest BCUT2D eigenvalue weighted by molar-refractivity contribution is 5.94. The summed E-state index contributed by atoms with van der Waals surface area (Å²) in [6, 6.07) is 3.63. The topological polar surface area (TPSA) is 32.8 Å². The van der Waals surface area contributed by atoms with Crippen molar-refractivity contribution in [3.63, 3.8) is 0 Å². The van der Waals surface area contributed by atoms with Crippen LogP contribution >= 0.6 is 0 Å². The number of carbonyl (C=O) groups excluding carboxylic acids is 1. The average molecular weight is 300 g/mol. The Labute approximate surface area is 124 Å². The van der Waals surface area contributed by atoms with E-state index < -0.39 is 17.5 Å². The van der Waals surface area contributed by atoms with Crippen LogP contribution in [0, 0.1) is 11.6 Å². The quantitative estimate of drug-likeness (QED) is 0.736. The summed E-state index contributed by atoms with van der Waals surface area (Å²) in [7, 11) is 5.41. The normalized spacial score (nSPS) is 11.0. The third-order valence-corrected chi connectivity index (χ3v) is 3.07. The zero-order valence-corrected chi connectivity index (χ0v) is 12.7. The first-order chi connectivity index (χ1) is 9.97. The Hall–Kier alpha value is -1.53. The molecule has 0 N–H and O–H groups in total. The van der Waals surface area contributed by atoms with Gasteiger partial charge in [-0.2, -0.15) is 0 Å². The predicted molar refractivity (Wildman–Crippen MR) is 77.3 cm³/mol. The fraction of sp³-hybridized carbons (Fsp3) is 0.533. The van der Waals surface area contributed by atoms with Gasteiger partial charge < -0.3 is 14.5 Å². The number of hydrogen-bond acceptors (Lipinski definition) is 3. The van der Waals surface area contributed by atoms with Crippen LogP contribution in [0.3, 0.4) is 0 Å². The summed E-state index contributed by atoms with van der Waals surface area (Å²) >= 11 is 0. The third-order valence-electron chi connectivity index (χ3n) is 3.07. The van der Waals surface area contributed by atoms with Gasteiger partial charge in [0.25, 0.3) is 5.91 Å². The third kappa shape index (κ3) is 5.40. The van der Waals surface area contributed by atoms with Crippen molar-refractivity contribution in [1.82, 2.24) is 9.80 Å². The first-order valence-electron chi connectivity index (χ1n) is 6.84. The molecule has 1 aromatic rings. The van der Waals surface area contributed by atoms with Crippen molar-refractivity contribution in [2.75, 3.05) is 47.4 Å². The lowest BCUT2D eigenvalue weighted by atomic mass is 10.1. The predicted octanol–water partition coefficient (Wildman–Crippen LogP) is 2.01. The molecule has 0 aromatic heterocycles. The van der Waals surface area contributed by atoms with Gasteiger partial charge in [-0.05, 0) is 39.2 Å². The molecule has 0 heterocycles. The van der Waals surface area contributed by atoms with Crippen molar-refractivity contribution in [3.05, 3.63) is 35.4 Å². The molecule has 118 valence electrons. The first-order valence-corrected chi connectivity index (χ1v) is 6.84. The second-order valence-electron chi connectivity index (χ2n) is 5.04. The van der Waals surface area contributed by atoms with Gasteiger partial charge >= 0.3 is 0 Å². The zero-order chi connectivity index (χ0) is 15.8. The van der Waals surface area contributed by atoms with Gasteiger partial charge in [0.15, 0.2) is 11.6 Å². The van der Waals surface area contributed by atoms with Crippen molar-refractivity contribution in [2.45, 2.75) is 6.42 Å². The highest BCUT2D eigenvalue weighted by Gasteiger charge is 2.20. The van der Waals surface area contributed by atoms with Gasteiger partial charge in [-0.3, -0.25) is 4.79 Å². The maximum atomic E-state index is 13.7. The monoisotopic (exact) mass is 300 g/mol. The minimum Gasteiger partial charge on any atom is -0.383 e. The molecule has 0 fully saturated rings. The second-order valence-corrected chi connectivity index (χ2v) is 5.04. The van der Waals surface area contributed by atoms with Crippen molar-refractivity contribution in [1.29, 1.82) is 0 Å². The highest BCUT2D eigenvalue weighted by Crippen LogP contribution is 2.14. The number of ether oxygens (including phenoxy) is 1. The van der Waals surface area contributed by atoms with Gasteiger partial charge in [-0.25, -0.2) is 8.78 Å². The van der Waals surface area contributed by atoms with Gasteiger partial charge in [0.1, 0.15) is 0 Å². The number of hydrogen-bond donors (Lipinski definition) is 0. The molecule has 0 aliphatic heterocycles. The molecule has 0 saturated heterocycles. The molecule has 0 saturated carbocycles. The van der Waals surface area contributed by atoms with Crippen molar-refractivity contribution in [2.24, 2.45) is 0 Å². The van der Waals surface area contributed by atoms with Gasteiger partial charge in [0, 0.05) is 20.2 Å². The lowest BCUT2D eigenvalue weighted by molar-refractivity contribution is 0.0683. The minimum absolute atomic E-state index is 0.240. The van der Waals surface area contributed by atoms with E-state index in [0.29, 0.717) is 19.7 Å². The molecule has 0 spiro atoms. The molecule has 0 atom stereocenters. The molecule has 0 unspecified atom stereocenters. The summed E-state index contributed by atoms with van der Waals surface area (Å²) in [6.45, 7) is 1.97. The summed E-state index contributed by atoms with van der Waals surface area (Å²) < 4.78 is 31.9. The summed E-state index contributed by atoms with van der Waals surface area (Å²) in [4.78, 5) is 15.8. The Bertz CT molecular complexity index is 467. The molecule has 1 amide bonds. The van der Waals surface area contributed by atoms with Crippen LogP contribution in [-0.2, 0) is 4.74 Å². The van der Waals surface area contributed by atoms with Crippen LogP contribution in [0.2, 0.25) is 0 Å². The van der Waals surface area contributed by atoms with E-state index in [0.717, 1.165) is 19.0 Å². The number of nitrogens with zero attached hydrogens (tertiary/aromatic N) is 2. The minimum atomic E-state index is -1.10. The Morgan fingerprint density at radius 3 is 2.52 bits per heavy atom. The van der Waals surface area contributed by atoms with E-state index >= 15 is 0 Å². The molecular formula is C15H22F2N2O2. The van der Waals surface area contributed by atoms with Crippen molar-refractivity contribution in [3.8, 4) is 0 Å². The Morgan fingerprint density at radius 1 is 1.19 bits per heavy atom. The van der Waals surface area contributed by atoms with Gasteiger partial charge in [-0.15, -0.1) is 0 Å². The van der Waals surface area contributed by atoms with Crippen LogP contribution < -0.4 is 0 Å². The van der Waals surface area contributed by atoms with Gasteiger partial charge in [0.2, 0.25) is 0 Å². The van der Waals surface area contributed by atoms with Crippen LogP contribution in [0.4, 0.5) is 8.78 Å². The molecular weight excluding hydrogens is 278 g/mol. The Kier molecular flexibility index (Phi) is 7.25. The SMILES string of the molecule is COCCN(CCCN(C)C)C(=O)c1cccc(F)c1F. The van der Waals surface area contributed by atoms with E-state index in [1.165, 1.54) is 24.1 Å². The lowest BCUT2D eigenvalue weighted by Crippen LogP contribution is -2.36.